The number of carbonyl (C=O) groups excluding carboxylic acids is 2. The summed E-state index contributed by atoms with van der Waals surface area (Å²) < 4.78 is 0. The molecule has 0 radical (unpaired) electrons. The fourth-order valence-corrected chi connectivity index (χ4v) is 3.77. The van der Waals surface area contributed by atoms with E-state index in [2.05, 4.69) is 15.5 Å². The van der Waals surface area contributed by atoms with E-state index >= 15 is 0 Å². The van der Waals surface area contributed by atoms with Gasteiger partial charge in [-0.3, -0.25) is 14.5 Å². The number of anilines is 2. The molecule has 6 heteroatoms. The first kappa shape index (κ1) is 17.6. The van der Waals surface area contributed by atoms with E-state index in [1.54, 1.807) is 12.1 Å². The first-order chi connectivity index (χ1) is 12.1. The first-order valence-electron chi connectivity index (χ1n) is 8.59. The number of piperidine rings is 1. The second kappa shape index (κ2) is 8.27. The maximum atomic E-state index is 12.2. The summed E-state index contributed by atoms with van der Waals surface area (Å²) in [5.74, 6) is -0.0951. The van der Waals surface area contributed by atoms with Gasteiger partial charge in [-0.1, -0.05) is 6.42 Å². The molecule has 1 aliphatic rings. The molecule has 0 spiro atoms. The number of hydrogen-bond acceptors (Lipinski definition) is 4. The molecule has 1 aromatic heterocycles. The number of amides is 2. The van der Waals surface area contributed by atoms with Gasteiger partial charge in [0.1, 0.15) is 0 Å². The van der Waals surface area contributed by atoms with E-state index in [0.29, 0.717) is 12.2 Å². The van der Waals surface area contributed by atoms with E-state index in [1.165, 1.54) is 30.6 Å². The Morgan fingerprint density at radius 1 is 1.00 bits per heavy atom. The predicted molar refractivity (Wildman–Crippen MR) is 102 cm³/mol. The minimum atomic E-state index is -0.102. The highest BCUT2D eigenvalue weighted by Crippen LogP contribution is 2.19. The van der Waals surface area contributed by atoms with Crippen LogP contribution in [0.5, 0.6) is 0 Å². The van der Waals surface area contributed by atoms with Gasteiger partial charge in [0.2, 0.25) is 5.91 Å². The summed E-state index contributed by atoms with van der Waals surface area (Å²) in [6.45, 7) is 4.36. The van der Waals surface area contributed by atoms with Crippen LogP contribution in [0.3, 0.4) is 0 Å². The van der Waals surface area contributed by atoms with Crippen molar-refractivity contribution in [1.29, 1.82) is 0 Å². The van der Waals surface area contributed by atoms with Crippen molar-refractivity contribution in [1.82, 2.24) is 4.90 Å². The van der Waals surface area contributed by atoms with Gasteiger partial charge < -0.3 is 10.6 Å². The van der Waals surface area contributed by atoms with Crippen LogP contribution in [0.15, 0.2) is 35.7 Å². The van der Waals surface area contributed by atoms with Crippen LogP contribution >= 0.6 is 11.3 Å². The van der Waals surface area contributed by atoms with Crippen LogP contribution in [0, 0.1) is 6.92 Å². The lowest BCUT2D eigenvalue weighted by Crippen LogP contribution is -2.36. The van der Waals surface area contributed by atoms with Gasteiger partial charge in [-0.2, -0.15) is 0 Å². The Balaban J connectivity index is 1.52. The average molecular weight is 357 g/mol. The topological polar surface area (TPSA) is 61.4 Å². The first-order valence-corrected chi connectivity index (χ1v) is 9.47. The molecule has 25 heavy (non-hydrogen) atoms. The zero-order chi connectivity index (χ0) is 17.6. The number of nitrogens with one attached hydrogen (secondary N) is 2. The molecular weight excluding hydrogens is 334 g/mol. The minimum Gasteiger partial charge on any atom is -0.325 e. The predicted octanol–water partition coefficient (Wildman–Crippen LogP) is 3.73. The van der Waals surface area contributed by atoms with Crippen LogP contribution in [0.4, 0.5) is 11.4 Å². The lowest BCUT2D eigenvalue weighted by atomic mass is 10.1. The van der Waals surface area contributed by atoms with Gasteiger partial charge in [0, 0.05) is 11.4 Å². The molecule has 0 atom stereocenters. The SMILES string of the molecule is Cc1ccsc1C(=O)Nc1ccc(NC(=O)CN2CCCCC2)cc1. The highest BCUT2D eigenvalue weighted by molar-refractivity contribution is 7.12. The Bertz CT molecular complexity index is 733. The number of aryl methyl sites for hydroxylation is 1. The molecule has 0 unspecified atom stereocenters. The van der Waals surface area contributed by atoms with Crippen LogP contribution in [0.1, 0.15) is 34.5 Å². The zero-order valence-electron chi connectivity index (χ0n) is 14.4. The summed E-state index contributed by atoms with van der Waals surface area (Å²) in [7, 11) is 0. The maximum absolute atomic E-state index is 12.2. The lowest BCUT2D eigenvalue weighted by Gasteiger charge is -2.25. The summed E-state index contributed by atoms with van der Waals surface area (Å²) in [6.07, 6.45) is 3.60. The van der Waals surface area contributed by atoms with Crippen molar-refractivity contribution in [2.24, 2.45) is 0 Å². The third kappa shape index (κ3) is 4.90. The van der Waals surface area contributed by atoms with E-state index in [0.717, 1.165) is 29.2 Å². The van der Waals surface area contributed by atoms with Gasteiger partial charge >= 0.3 is 0 Å². The summed E-state index contributed by atoms with van der Waals surface area (Å²) in [5.41, 5.74) is 2.43. The summed E-state index contributed by atoms with van der Waals surface area (Å²) in [5, 5.41) is 7.71. The highest BCUT2D eigenvalue weighted by atomic mass is 32.1. The van der Waals surface area contributed by atoms with Gasteiger partial charge in [-0.05, 0) is 74.1 Å². The van der Waals surface area contributed by atoms with Crippen molar-refractivity contribution in [3.05, 3.63) is 46.2 Å². The molecule has 2 N–H and O–H groups in total. The van der Waals surface area contributed by atoms with Crippen molar-refractivity contribution in [2.45, 2.75) is 26.2 Å². The third-order valence-electron chi connectivity index (χ3n) is 4.31. The molecular formula is C19H23N3O2S. The summed E-state index contributed by atoms with van der Waals surface area (Å²) in [6, 6.07) is 9.16. The van der Waals surface area contributed by atoms with Crippen molar-refractivity contribution >= 4 is 34.5 Å². The van der Waals surface area contributed by atoms with E-state index < -0.39 is 0 Å². The molecule has 5 nitrogen and oxygen atoms in total. The second-order valence-corrected chi connectivity index (χ2v) is 7.27. The van der Waals surface area contributed by atoms with Gasteiger partial charge in [0.25, 0.3) is 5.91 Å². The molecule has 132 valence electrons. The van der Waals surface area contributed by atoms with Crippen LogP contribution < -0.4 is 10.6 Å². The fourth-order valence-electron chi connectivity index (χ4n) is 2.95. The number of likely N-dealkylation sites (tertiary alicyclic amines) is 1. The van der Waals surface area contributed by atoms with Crippen molar-refractivity contribution in [3.63, 3.8) is 0 Å². The van der Waals surface area contributed by atoms with Crippen LogP contribution in [-0.4, -0.2) is 36.3 Å². The molecule has 0 aliphatic carbocycles. The third-order valence-corrected chi connectivity index (χ3v) is 5.33. The Hall–Kier alpha value is -2.18. The fraction of sp³-hybridized carbons (Fsp3) is 0.368. The smallest absolute Gasteiger partial charge is 0.265 e. The molecule has 1 saturated heterocycles. The molecule has 2 amide bonds. The Kier molecular flexibility index (Phi) is 5.83. The zero-order valence-corrected chi connectivity index (χ0v) is 15.2. The van der Waals surface area contributed by atoms with Crippen molar-refractivity contribution in [3.8, 4) is 0 Å². The molecule has 3 rings (SSSR count). The molecule has 0 saturated carbocycles. The van der Waals surface area contributed by atoms with Gasteiger partial charge in [-0.15, -0.1) is 11.3 Å². The molecule has 1 fully saturated rings. The molecule has 2 heterocycles. The lowest BCUT2D eigenvalue weighted by molar-refractivity contribution is -0.117. The van der Waals surface area contributed by atoms with Gasteiger partial charge in [0.05, 0.1) is 11.4 Å². The van der Waals surface area contributed by atoms with E-state index in [9.17, 15) is 9.59 Å². The summed E-state index contributed by atoms with van der Waals surface area (Å²) in [4.78, 5) is 27.2. The van der Waals surface area contributed by atoms with Crippen LogP contribution in [0.2, 0.25) is 0 Å². The number of rotatable bonds is 5. The number of hydrogen-bond donors (Lipinski definition) is 2. The van der Waals surface area contributed by atoms with Gasteiger partial charge in [0.15, 0.2) is 0 Å². The van der Waals surface area contributed by atoms with Crippen LogP contribution in [-0.2, 0) is 4.79 Å². The molecule has 0 bridgehead atoms. The molecule has 1 aliphatic heterocycles. The number of nitrogens with zero attached hydrogens (tertiary/aromatic N) is 1. The van der Waals surface area contributed by atoms with E-state index in [-0.39, 0.29) is 11.8 Å². The number of benzene rings is 1. The van der Waals surface area contributed by atoms with Crippen molar-refractivity contribution in [2.75, 3.05) is 30.3 Å². The van der Waals surface area contributed by atoms with Crippen molar-refractivity contribution < 1.29 is 9.59 Å². The largest absolute Gasteiger partial charge is 0.325 e. The second-order valence-electron chi connectivity index (χ2n) is 6.35. The minimum absolute atomic E-state index is 0.00731. The quantitative estimate of drug-likeness (QED) is 0.857. The van der Waals surface area contributed by atoms with Crippen LogP contribution in [0.25, 0.3) is 0 Å². The Morgan fingerprint density at radius 2 is 1.64 bits per heavy atom. The highest BCUT2D eigenvalue weighted by Gasteiger charge is 2.14. The Morgan fingerprint density at radius 3 is 2.24 bits per heavy atom. The monoisotopic (exact) mass is 357 g/mol. The maximum Gasteiger partial charge on any atom is 0.265 e. The molecule has 2 aromatic rings. The standard InChI is InChI=1S/C19H23N3O2S/c1-14-9-12-25-18(14)19(24)21-16-7-5-15(6-8-16)20-17(23)13-22-10-3-2-4-11-22/h5-9,12H,2-4,10-11,13H2,1H3,(H,20,23)(H,21,24). The summed E-state index contributed by atoms with van der Waals surface area (Å²) >= 11 is 1.43. The van der Waals surface area contributed by atoms with E-state index in [1.807, 2.05) is 30.5 Å². The number of thiophene rings is 1. The van der Waals surface area contributed by atoms with Gasteiger partial charge in [-0.25, -0.2) is 0 Å². The Labute approximate surface area is 152 Å². The van der Waals surface area contributed by atoms with E-state index in [4.69, 9.17) is 0 Å². The molecule has 1 aromatic carbocycles. The normalized spacial score (nSPS) is 14.9. The number of carbonyl (C=O) groups is 2. The average Bonchev–Trinajstić information content (AvgIpc) is 3.03.